The predicted octanol–water partition coefficient (Wildman–Crippen LogP) is 3.29. The number of hydrogen-bond donors (Lipinski definition) is 1. The van der Waals surface area contributed by atoms with Gasteiger partial charge < -0.3 is 10.0 Å². The first kappa shape index (κ1) is 19.2. The highest BCUT2D eigenvalue weighted by molar-refractivity contribution is 5.78. The number of carbonyl (C=O) groups is 1. The van der Waals surface area contributed by atoms with E-state index in [1.54, 1.807) is 0 Å². The third kappa shape index (κ3) is 3.98. The molecule has 4 nitrogen and oxygen atoms in total. The second-order valence-corrected chi connectivity index (χ2v) is 8.37. The van der Waals surface area contributed by atoms with E-state index in [9.17, 15) is 9.90 Å². The van der Waals surface area contributed by atoms with Crippen molar-refractivity contribution in [2.45, 2.75) is 37.7 Å². The van der Waals surface area contributed by atoms with Crippen molar-refractivity contribution in [3.05, 3.63) is 71.3 Å². The number of benzene rings is 2. The van der Waals surface area contributed by atoms with Gasteiger partial charge in [0.2, 0.25) is 5.91 Å². The maximum atomic E-state index is 12.8. The van der Waals surface area contributed by atoms with E-state index in [1.165, 1.54) is 5.56 Å². The minimum Gasteiger partial charge on any atom is -0.383 e. The molecule has 2 saturated heterocycles. The Bertz CT molecular complexity index is 814. The second kappa shape index (κ2) is 8.06. The highest BCUT2D eigenvalue weighted by atomic mass is 16.3. The molecule has 1 amide bonds. The lowest BCUT2D eigenvalue weighted by atomic mass is 9.89. The molecule has 0 saturated carbocycles. The zero-order valence-electron chi connectivity index (χ0n) is 16.7. The zero-order valence-corrected chi connectivity index (χ0v) is 16.7. The fourth-order valence-electron chi connectivity index (χ4n) is 4.76. The van der Waals surface area contributed by atoms with Gasteiger partial charge in [-0.05, 0) is 61.9 Å². The number of β-amino-alcohol motifs (C(OH)–C–C–N with tert-alkyl or cyclic N) is 1. The van der Waals surface area contributed by atoms with Crippen LogP contribution in [0.2, 0.25) is 0 Å². The van der Waals surface area contributed by atoms with E-state index >= 15 is 0 Å². The first-order chi connectivity index (χ1) is 13.5. The molecule has 148 valence electrons. The molecule has 2 aromatic rings. The number of amides is 1. The number of nitrogens with zero attached hydrogens (tertiary/aromatic N) is 2. The number of aryl methyl sites for hydroxylation is 1. The molecule has 28 heavy (non-hydrogen) atoms. The summed E-state index contributed by atoms with van der Waals surface area (Å²) in [6.45, 7) is 5.43. The van der Waals surface area contributed by atoms with E-state index in [0.717, 1.165) is 37.1 Å². The number of hydrogen-bond acceptors (Lipinski definition) is 3. The molecule has 0 aliphatic carbocycles. The first-order valence-electron chi connectivity index (χ1n) is 10.4. The van der Waals surface area contributed by atoms with Crippen molar-refractivity contribution in [2.75, 3.05) is 32.7 Å². The number of piperidine rings is 1. The van der Waals surface area contributed by atoms with Gasteiger partial charge >= 0.3 is 0 Å². The maximum absolute atomic E-state index is 12.8. The Balaban J connectivity index is 1.31. The third-order valence-electron chi connectivity index (χ3n) is 6.46. The van der Waals surface area contributed by atoms with Crippen molar-refractivity contribution in [2.24, 2.45) is 0 Å². The number of rotatable bonds is 4. The van der Waals surface area contributed by atoms with E-state index in [0.29, 0.717) is 32.0 Å². The molecule has 1 atom stereocenters. The summed E-state index contributed by atoms with van der Waals surface area (Å²) in [7, 11) is 0. The quantitative estimate of drug-likeness (QED) is 0.888. The molecule has 0 bridgehead atoms. The number of aliphatic hydroxyl groups is 1. The van der Waals surface area contributed by atoms with Crippen LogP contribution >= 0.6 is 0 Å². The SMILES string of the molecule is Cc1ccccc1[C@]1(O)CCN(C(=O)CN2CCC(c3ccccc3)CC2)C1. The molecule has 0 spiro atoms. The zero-order chi connectivity index (χ0) is 19.6. The normalized spacial score (nSPS) is 23.9. The van der Waals surface area contributed by atoms with Gasteiger partial charge in [-0.25, -0.2) is 0 Å². The largest absolute Gasteiger partial charge is 0.383 e. The summed E-state index contributed by atoms with van der Waals surface area (Å²) < 4.78 is 0. The minimum atomic E-state index is -0.915. The van der Waals surface area contributed by atoms with Crippen LogP contribution in [0.4, 0.5) is 0 Å². The number of likely N-dealkylation sites (tertiary alicyclic amines) is 2. The average molecular weight is 379 g/mol. The van der Waals surface area contributed by atoms with Crippen LogP contribution in [0.25, 0.3) is 0 Å². The minimum absolute atomic E-state index is 0.141. The van der Waals surface area contributed by atoms with Gasteiger partial charge in [0.15, 0.2) is 0 Å². The molecule has 4 heteroatoms. The van der Waals surface area contributed by atoms with Crippen molar-refractivity contribution in [1.82, 2.24) is 9.80 Å². The van der Waals surface area contributed by atoms with Crippen LogP contribution < -0.4 is 0 Å². The van der Waals surface area contributed by atoms with E-state index in [4.69, 9.17) is 0 Å². The molecule has 2 aliphatic rings. The standard InChI is InChI=1S/C24H30N2O2/c1-19-7-5-6-10-22(19)24(28)13-16-26(18-24)23(27)17-25-14-11-21(12-15-25)20-8-3-2-4-9-20/h2-10,21,28H,11-18H2,1H3/t24-/m0/s1. The summed E-state index contributed by atoms with van der Waals surface area (Å²) in [6.07, 6.45) is 2.81. The topological polar surface area (TPSA) is 43.8 Å². The van der Waals surface area contributed by atoms with Gasteiger partial charge in [0, 0.05) is 6.54 Å². The fraction of sp³-hybridized carbons (Fsp3) is 0.458. The summed E-state index contributed by atoms with van der Waals surface area (Å²) in [6, 6.07) is 18.6. The molecule has 2 aliphatic heterocycles. The lowest BCUT2D eigenvalue weighted by Gasteiger charge is -2.33. The van der Waals surface area contributed by atoms with E-state index < -0.39 is 5.60 Å². The molecular weight excluding hydrogens is 348 g/mol. The van der Waals surface area contributed by atoms with Crippen molar-refractivity contribution >= 4 is 5.91 Å². The highest BCUT2D eigenvalue weighted by Crippen LogP contribution is 2.34. The summed E-state index contributed by atoms with van der Waals surface area (Å²) in [5.41, 5.74) is 2.54. The van der Waals surface area contributed by atoms with Gasteiger partial charge in [0.25, 0.3) is 0 Å². The van der Waals surface area contributed by atoms with E-state index in [-0.39, 0.29) is 5.91 Å². The maximum Gasteiger partial charge on any atom is 0.236 e. The molecule has 0 aromatic heterocycles. The van der Waals surface area contributed by atoms with Crippen LogP contribution in [0, 0.1) is 6.92 Å². The van der Waals surface area contributed by atoms with Crippen LogP contribution in [0.5, 0.6) is 0 Å². The van der Waals surface area contributed by atoms with Crippen molar-refractivity contribution in [1.29, 1.82) is 0 Å². The molecule has 0 radical (unpaired) electrons. The Morgan fingerprint density at radius 3 is 2.43 bits per heavy atom. The Morgan fingerprint density at radius 1 is 1.04 bits per heavy atom. The lowest BCUT2D eigenvalue weighted by Crippen LogP contribution is -2.43. The van der Waals surface area contributed by atoms with Crippen molar-refractivity contribution in [3.8, 4) is 0 Å². The smallest absolute Gasteiger partial charge is 0.236 e. The van der Waals surface area contributed by atoms with Gasteiger partial charge in [-0.15, -0.1) is 0 Å². The molecule has 0 unspecified atom stereocenters. The van der Waals surface area contributed by atoms with Crippen molar-refractivity contribution < 1.29 is 9.90 Å². The predicted molar refractivity (Wildman–Crippen MR) is 111 cm³/mol. The third-order valence-corrected chi connectivity index (χ3v) is 6.46. The van der Waals surface area contributed by atoms with Crippen LogP contribution in [-0.2, 0) is 10.4 Å². The Labute approximate surface area is 167 Å². The summed E-state index contributed by atoms with van der Waals surface area (Å²) in [5.74, 6) is 0.744. The van der Waals surface area contributed by atoms with Gasteiger partial charge in [-0.3, -0.25) is 9.69 Å². The van der Waals surface area contributed by atoms with E-state index in [2.05, 4.69) is 35.2 Å². The summed E-state index contributed by atoms with van der Waals surface area (Å²) >= 11 is 0. The van der Waals surface area contributed by atoms with E-state index in [1.807, 2.05) is 36.1 Å². The second-order valence-electron chi connectivity index (χ2n) is 8.37. The lowest BCUT2D eigenvalue weighted by molar-refractivity contribution is -0.132. The van der Waals surface area contributed by atoms with Gasteiger partial charge in [0.1, 0.15) is 5.60 Å². The van der Waals surface area contributed by atoms with Crippen LogP contribution in [0.15, 0.2) is 54.6 Å². The van der Waals surface area contributed by atoms with Gasteiger partial charge in [0.05, 0.1) is 13.1 Å². The Morgan fingerprint density at radius 2 is 1.71 bits per heavy atom. The highest BCUT2D eigenvalue weighted by Gasteiger charge is 2.40. The van der Waals surface area contributed by atoms with Crippen LogP contribution in [0.1, 0.15) is 41.9 Å². The number of carbonyl (C=O) groups excluding carboxylic acids is 1. The molecule has 1 N–H and O–H groups in total. The fourth-order valence-corrected chi connectivity index (χ4v) is 4.76. The Kier molecular flexibility index (Phi) is 5.51. The Hall–Kier alpha value is -2.17. The molecule has 4 rings (SSSR count). The molecule has 2 fully saturated rings. The summed E-state index contributed by atoms with van der Waals surface area (Å²) in [4.78, 5) is 17.0. The van der Waals surface area contributed by atoms with Crippen LogP contribution in [-0.4, -0.2) is 53.5 Å². The summed E-state index contributed by atoms with van der Waals surface area (Å²) in [5, 5.41) is 11.1. The molecule has 2 heterocycles. The van der Waals surface area contributed by atoms with Gasteiger partial charge in [-0.2, -0.15) is 0 Å². The van der Waals surface area contributed by atoms with Crippen LogP contribution in [0.3, 0.4) is 0 Å². The van der Waals surface area contributed by atoms with Gasteiger partial charge in [-0.1, -0.05) is 54.6 Å². The average Bonchev–Trinajstić information content (AvgIpc) is 3.13. The monoisotopic (exact) mass is 378 g/mol. The molecular formula is C24H30N2O2. The molecule has 2 aromatic carbocycles. The first-order valence-corrected chi connectivity index (χ1v) is 10.4. The van der Waals surface area contributed by atoms with Crippen molar-refractivity contribution in [3.63, 3.8) is 0 Å².